The number of nitrogens with one attached hydrogen (secondary N) is 1. The Bertz CT molecular complexity index is 292. The minimum Gasteiger partial charge on any atom is -0.381 e. The van der Waals surface area contributed by atoms with Gasteiger partial charge in [-0.25, -0.2) is 0 Å². The van der Waals surface area contributed by atoms with E-state index in [2.05, 4.69) is 12.2 Å². The van der Waals surface area contributed by atoms with Crippen LogP contribution in [0.1, 0.15) is 58.3 Å². The van der Waals surface area contributed by atoms with Crippen LogP contribution in [0, 0.1) is 11.8 Å². The molecule has 0 aromatic carbocycles. The van der Waals surface area contributed by atoms with Gasteiger partial charge in [0.25, 0.3) is 0 Å². The maximum atomic E-state index is 6.16. The minimum atomic E-state index is 0.175. The molecule has 0 radical (unpaired) electrons. The van der Waals surface area contributed by atoms with Crippen molar-refractivity contribution in [2.45, 2.75) is 69.9 Å². The first-order chi connectivity index (χ1) is 9.81. The molecule has 0 aromatic heterocycles. The lowest BCUT2D eigenvalue weighted by Crippen LogP contribution is -2.44. The third kappa shape index (κ3) is 3.75. The first-order valence-electron chi connectivity index (χ1n) is 8.76. The fourth-order valence-electron chi connectivity index (χ4n) is 4.15. The van der Waals surface area contributed by atoms with Gasteiger partial charge in [-0.2, -0.15) is 0 Å². The molecule has 0 aromatic rings. The Balaban J connectivity index is 1.47. The van der Waals surface area contributed by atoms with Gasteiger partial charge in [-0.15, -0.1) is 0 Å². The van der Waals surface area contributed by atoms with E-state index in [1.54, 1.807) is 0 Å². The summed E-state index contributed by atoms with van der Waals surface area (Å²) in [6.45, 7) is 6.13. The maximum absolute atomic E-state index is 6.16. The predicted molar refractivity (Wildman–Crippen MR) is 80.9 cm³/mol. The Kier molecular flexibility index (Phi) is 5.00. The Morgan fingerprint density at radius 2 is 1.95 bits per heavy atom. The molecule has 1 spiro atoms. The van der Waals surface area contributed by atoms with Crippen LogP contribution in [0.25, 0.3) is 0 Å². The number of rotatable bonds is 6. The number of hydrogen-bond acceptors (Lipinski definition) is 3. The van der Waals surface area contributed by atoms with E-state index in [9.17, 15) is 0 Å². The van der Waals surface area contributed by atoms with E-state index in [0.717, 1.165) is 57.1 Å². The summed E-state index contributed by atoms with van der Waals surface area (Å²) >= 11 is 0. The minimum absolute atomic E-state index is 0.175. The van der Waals surface area contributed by atoms with Gasteiger partial charge in [-0.1, -0.05) is 6.92 Å². The van der Waals surface area contributed by atoms with Crippen LogP contribution in [0.2, 0.25) is 0 Å². The highest BCUT2D eigenvalue weighted by molar-refractivity contribution is 4.91. The fraction of sp³-hybridized carbons (Fsp3) is 1.00. The molecule has 116 valence electrons. The van der Waals surface area contributed by atoms with Gasteiger partial charge in [0.1, 0.15) is 0 Å². The standard InChI is InChI=1S/C17H31NO2/c1-2-18-16(15-4-5-15)6-3-14-7-10-20-17(13-14)8-11-19-12-9-17/h14-16,18H,2-13H2,1H3. The Morgan fingerprint density at radius 1 is 1.15 bits per heavy atom. The summed E-state index contributed by atoms with van der Waals surface area (Å²) in [5.41, 5.74) is 0.175. The first kappa shape index (κ1) is 14.8. The van der Waals surface area contributed by atoms with E-state index in [1.807, 2.05) is 0 Å². The average Bonchev–Trinajstić information content (AvgIpc) is 3.29. The second-order valence-electron chi connectivity index (χ2n) is 7.08. The van der Waals surface area contributed by atoms with E-state index >= 15 is 0 Å². The Labute approximate surface area is 123 Å². The molecule has 3 fully saturated rings. The van der Waals surface area contributed by atoms with Gasteiger partial charge in [-0.05, 0) is 69.7 Å². The second kappa shape index (κ2) is 6.76. The van der Waals surface area contributed by atoms with E-state index in [4.69, 9.17) is 9.47 Å². The van der Waals surface area contributed by atoms with Gasteiger partial charge in [0.2, 0.25) is 0 Å². The van der Waals surface area contributed by atoms with Crippen molar-refractivity contribution >= 4 is 0 Å². The van der Waals surface area contributed by atoms with Crippen LogP contribution in [0.5, 0.6) is 0 Å². The Morgan fingerprint density at radius 3 is 2.65 bits per heavy atom. The molecule has 2 saturated heterocycles. The maximum Gasteiger partial charge on any atom is 0.0729 e. The topological polar surface area (TPSA) is 30.5 Å². The summed E-state index contributed by atoms with van der Waals surface area (Å²) in [7, 11) is 0. The van der Waals surface area contributed by atoms with Gasteiger partial charge in [0.05, 0.1) is 5.60 Å². The zero-order valence-electron chi connectivity index (χ0n) is 13.0. The molecule has 0 amide bonds. The average molecular weight is 281 g/mol. The normalized spacial score (nSPS) is 31.4. The molecule has 1 N–H and O–H groups in total. The van der Waals surface area contributed by atoms with Crippen molar-refractivity contribution in [2.24, 2.45) is 11.8 Å². The van der Waals surface area contributed by atoms with E-state index in [-0.39, 0.29) is 5.60 Å². The van der Waals surface area contributed by atoms with E-state index in [0.29, 0.717) is 0 Å². The van der Waals surface area contributed by atoms with Gasteiger partial charge < -0.3 is 14.8 Å². The number of hydrogen-bond donors (Lipinski definition) is 1. The van der Waals surface area contributed by atoms with Gasteiger partial charge >= 0.3 is 0 Å². The van der Waals surface area contributed by atoms with Crippen molar-refractivity contribution in [1.29, 1.82) is 0 Å². The van der Waals surface area contributed by atoms with Crippen molar-refractivity contribution in [2.75, 3.05) is 26.4 Å². The van der Waals surface area contributed by atoms with Gasteiger partial charge in [-0.3, -0.25) is 0 Å². The summed E-state index contributed by atoms with van der Waals surface area (Å²) in [5, 5.41) is 3.70. The van der Waals surface area contributed by atoms with Gasteiger partial charge in [0.15, 0.2) is 0 Å². The zero-order valence-corrected chi connectivity index (χ0v) is 13.0. The molecule has 2 aliphatic heterocycles. The summed E-state index contributed by atoms with van der Waals surface area (Å²) in [4.78, 5) is 0. The van der Waals surface area contributed by atoms with Crippen LogP contribution in [-0.2, 0) is 9.47 Å². The molecule has 3 rings (SSSR count). The molecule has 20 heavy (non-hydrogen) atoms. The van der Waals surface area contributed by atoms with Crippen LogP contribution in [0.15, 0.2) is 0 Å². The third-order valence-electron chi connectivity index (χ3n) is 5.54. The molecule has 2 heterocycles. The van der Waals surface area contributed by atoms with Crippen molar-refractivity contribution in [3.05, 3.63) is 0 Å². The lowest BCUT2D eigenvalue weighted by molar-refractivity contribution is -0.147. The van der Waals surface area contributed by atoms with Crippen LogP contribution < -0.4 is 5.32 Å². The molecular weight excluding hydrogens is 250 g/mol. The lowest BCUT2D eigenvalue weighted by atomic mass is 9.78. The smallest absolute Gasteiger partial charge is 0.0729 e. The van der Waals surface area contributed by atoms with Crippen LogP contribution in [0.4, 0.5) is 0 Å². The summed E-state index contributed by atoms with van der Waals surface area (Å²) in [6, 6.07) is 0.786. The van der Waals surface area contributed by atoms with Crippen LogP contribution >= 0.6 is 0 Å². The Hall–Kier alpha value is -0.120. The molecule has 1 saturated carbocycles. The SMILES string of the molecule is CCNC(CCC1CCOC2(CCOCC2)C1)C1CC1. The summed E-state index contributed by atoms with van der Waals surface area (Å²) < 4.78 is 11.7. The number of ether oxygens (including phenoxy) is 2. The highest BCUT2D eigenvalue weighted by atomic mass is 16.5. The predicted octanol–water partition coefficient (Wildman–Crippen LogP) is 3.13. The zero-order chi connectivity index (χ0) is 13.8. The van der Waals surface area contributed by atoms with Crippen LogP contribution in [-0.4, -0.2) is 38.0 Å². The van der Waals surface area contributed by atoms with Crippen molar-refractivity contribution in [1.82, 2.24) is 5.32 Å². The van der Waals surface area contributed by atoms with E-state index < -0.39 is 0 Å². The highest BCUT2D eigenvalue weighted by Crippen LogP contribution is 2.40. The molecule has 3 aliphatic rings. The molecule has 2 atom stereocenters. The summed E-state index contributed by atoms with van der Waals surface area (Å²) in [5.74, 6) is 1.86. The van der Waals surface area contributed by atoms with Crippen molar-refractivity contribution in [3.8, 4) is 0 Å². The molecule has 0 bridgehead atoms. The van der Waals surface area contributed by atoms with Crippen LogP contribution in [0.3, 0.4) is 0 Å². The van der Waals surface area contributed by atoms with E-state index in [1.165, 1.54) is 38.5 Å². The largest absolute Gasteiger partial charge is 0.381 e. The molecule has 2 unspecified atom stereocenters. The molecular formula is C17H31NO2. The van der Waals surface area contributed by atoms with Crippen molar-refractivity contribution in [3.63, 3.8) is 0 Å². The molecule has 3 nitrogen and oxygen atoms in total. The van der Waals surface area contributed by atoms with Gasteiger partial charge in [0, 0.05) is 25.9 Å². The summed E-state index contributed by atoms with van der Waals surface area (Å²) in [6.07, 6.45) is 10.4. The second-order valence-corrected chi connectivity index (χ2v) is 7.08. The molecule has 3 heteroatoms. The van der Waals surface area contributed by atoms with Crippen molar-refractivity contribution < 1.29 is 9.47 Å². The first-order valence-corrected chi connectivity index (χ1v) is 8.76. The third-order valence-corrected chi connectivity index (χ3v) is 5.54. The molecule has 1 aliphatic carbocycles. The highest BCUT2D eigenvalue weighted by Gasteiger charge is 2.39. The quantitative estimate of drug-likeness (QED) is 0.811. The lowest BCUT2D eigenvalue weighted by Gasteiger charge is -2.43. The fourth-order valence-corrected chi connectivity index (χ4v) is 4.15. The monoisotopic (exact) mass is 281 g/mol.